The van der Waals surface area contributed by atoms with Crippen LogP contribution >= 0.6 is 0 Å². The van der Waals surface area contributed by atoms with E-state index in [1.165, 1.54) is 5.56 Å². The number of rotatable bonds is 3. The van der Waals surface area contributed by atoms with Gasteiger partial charge in [-0.05, 0) is 42.0 Å². The van der Waals surface area contributed by atoms with Crippen molar-refractivity contribution in [1.82, 2.24) is 15.2 Å². The van der Waals surface area contributed by atoms with Gasteiger partial charge >= 0.3 is 0 Å². The Morgan fingerprint density at radius 3 is 2.45 bits per heavy atom. The molecular formula is C25H29N3O. The molecule has 0 spiro atoms. The van der Waals surface area contributed by atoms with Gasteiger partial charge in [0.25, 0.3) is 0 Å². The maximum Gasteiger partial charge on any atom is 0.116 e. The number of H-pyrrole nitrogens is 1. The number of nitrogens with zero attached hydrogens (tertiary/aromatic N) is 2. The van der Waals surface area contributed by atoms with Gasteiger partial charge in [0.2, 0.25) is 0 Å². The summed E-state index contributed by atoms with van der Waals surface area (Å²) in [5.74, 6) is 0.311. The zero-order valence-corrected chi connectivity index (χ0v) is 18.1. The Kier molecular flexibility index (Phi) is 4.41. The van der Waals surface area contributed by atoms with Crippen molar-refractivity contribution < 1.29 is 5.11 Å². The first-order valence-corrected chi connectivity index (χ1v) is 10.1. The number of aromatic nitrogens is 3. The summed E-state index contributed by atoms with van der Waals surface area (Å²) < 4.78 is 0. The van der Waals surface area contributed by atoms with Crippen molar-refractivity contribution in [3.8, 4) is 5.75 Å². The highest BCUT2D eigenvalue weighted by Crippen LogP contribution is 2.39. The highest BCUT2D eigenvalue weighted by Gasteiger charge is 2.29. The van der Waals surface area contributed by atoms with Crippen LogP contribution in [-0.4, -0.2) is 20.3 Å². The highest BCUT2D eigenvalue weighted by atomic mass is 16.3. The van der Waals surface area contributed by atoms with Crippen LogP contribution in [0, 0.1) is 6.92 Å². The predicted molar refractivity (Wildman–Crippen MR) is 120 cm³/mol. The molecule has 4 rings (SSSR count). The topological polar surface area (TPSA) is 61.8 Å². The van der Waals surface area contributed by atoms with E-state index in [4.69, 9.17) is 0 Å². The molecular weight excluding hydrogens is 358 g/mol. The molecule has 4 nitrogen and oxygen atoms in total. The fourth-order valence-corrected chi connectivity index (χ4v) is 4.34. The first-order valence-electron chi connectivity index (χ1n) is 10.1. The molecule has 0 saturated heterocycles. The summed E-state index contributed by atoms with van der Waals surface area (Å²) in [6, 6.07) is 12.0. The maximum atomic E-state index is 10.4. The average Bonchev–Trinajstić information content (AvgIpc) is 2.94. The fourth-order valence-electron chi connectivity index (χ4n) is 4.34. The number of aryl methyl sites for hydroxylation is 1. The third kappa shape index (κ3) is 3.37. The van der Waals surface area contributed by atoms with Crippen molar-refractivity contribution in [1.29, 1.82) is 0 Å². The largest absolute Gasteiger partial charge is 0.508 e. The van der Waals surface area contributed by atoms with E-state index in [1.807, 2.05) is 30.5 Å². The number of aromatic amines is 1. The summed E-state index contributed by atoms with van der Waals surface area (Å²) in [6.45, 7) is 13.1. The first kappa shape index (κ1) is 19.4. The van der Waals surface area contributed by atoms with Gasteiger partial charge in [-0.1, -0.05) is 58.9 Å². The van der Waals surface area contributed by atoms with E-state index < -0.39 is 0 Å². The van der Waals surface area contributed by atoms with Crippen molar-refractivity contribution in [2.75, 3.05) is 0 Å². The molecule has 29 heavy (non-hydrogen) atoms. The Balaban J connectivity index is 1.87. The molecule has 0 aliphatic carbocycles. The Hall–Kier alpha value is -2.88. The Morgan fingerprint density at radius 1 is 1.00 bits per heavy atom. The van der Waals surface area contributed by atoms with Gasteiger partial charge in [-0.25, -0.2) is 0 Å². The highest BCUT2D eigenvalue weighted by molar-refractivity contribution is 5.90. The number of phenolic OH excluding ortho intramolecular Hbond substituents is 1. The lowest BCUT2D eigenvalue weighted by Crippen LogP contribution is -2.23. The van der Waals surface area contributed by atoms with E-state index in [9.17, 15) is 5.11 Å². The molecule has 2 aromatic carbocycles. The second-order valence-corrected chi connectivity index (χ2v) is 9.74. The number of fused-ring (bicyclic) bond motifs is 2. The van der Waals surface area contributed by atoms with Gasteiger partial charge in [0.05, 0.1) is 11.9 Å². The molecule has 4 aromatic rings. The molecule has 2 heterocycles. The quantitative estimate of drug-likeness (QED) is 0.457. The SMILES string of the molecule is Cc1[nH]c2c(C(C)(C)C)cc(O)cc2c1CC(C)(C)c1nncc2ccccc12. The minimum Gasteiger partial charge on any atom is -0.508 e. The van der Waals surface area contributed by atoms with Crippen LogP contribution in [0.3, 0.4) is 0 Å². The lowest BCUT2D eigenvalue weighted by Gasteiger charge is -2.25. The van der Waals surface area contributed by atoms with Crippen molar-refractivity contribution in [3.63, 3.8) is 0 Å². The van der Waals surface area contributed by atoms with Crippen LogP contribution in [0.2, 0.25) is 0 Å². The Labute approximate surface area is 172 Å². The van der Waals surface area contributed by atoms with Crippen LogP contribution in [0.25, 0.3) is 21.7 Å². The van der Waals surface area contributed by atoms with Crippen LogP contribution < -0.4 is 0 Å². The van der Waals surface area contributed by atoms with Gasteiger partial charge in [0, 0.05) is 32.8 Å². The molecule has 0 unspecified atom stereocenters. The first-order chi connectivity index (χ1) is 13.6. The molecule has 0 aliphatic rings. The van der Waals surface area contributed by atoms with Crippen LogP contribution in [0.1, 0.15) is 57.1 Å². The third-order valence-electron chi connectivity index (χ3n) is 5.85. The van der Waals surface area contributed by atoms with Gasteiger partial charge in [-0.2, -0.15) is 10.2 Å². The minimum atomic E-state index is -0.221. The number of benzene rings is 2. The van der Waals surface area contributed by atoms with Crippen LogP contribution in [0.5, 0.6) is 5.75 Å². The van der Waals surface area contributed by atoms with Crippen molar-refractivity contribution in [3.05, 3.63) is 65.1 Å². The number of phenols is 1. The number of hydrogen-bond acceptors (Lipinski definition) is 3. The maximum absolute atomic E-state index is 10.4. The van der Waals surface area contributed by atoms with E-state index in [0.29, 0.717) is 5.75 Å². The van der Waals surface area contributed by atoms with Crippen LogP contribution in [0.15, 0.2) is 42.6 Å². The lowest BCUT2D eigenvalue weighted by molar-refractivity contribution is 0.472. The van der Waals surface area contributed by atoms with Crippen molar-refractivity contribution >= 4 is 21.7 Å². The number of aromatic hydroxyl groups is 1. The minimum absolute atomic E-state index is 0.0673. The monoisotopic (exact) mass is 387 g/mol. The van der Waals surface area contributed by atoms with Crippen LogP contribution in [-0.2, 0) is 17.3 Å². The molecule has 150 valence electrons. The summed E-state index contributed by atoms with van der Waals surface area (Å²) in [5.41, 5.74) is 5.31. The Bertz CT molecular complexity index is 1210. The van der Waals surface area contributed by atoms with E-state index in [0.717, 1.165) is 45.0 Å². The molecule has 0 amide bonds. The van der Waals surface area contributed by atoms with Gasteiger partial charge in [0.1, 0.15) is 5.75 Å². The normalized spacial score (nSPS) is 12.8. The summed E-state index contributed by atoms with van der Waals surface area (Å²) in [5, 5.41) is 22.6. The van der Waals surface area contributed by atoms with Crippen molar-refractivity contribution in [2.45, 2.75) is 58.8 Å². The van der Waals surface area contributed by atoms with Crippen molar-refractivity contribution in [2.24, 2.45) is 0 Å². The summed E-state index contributed by atoms with van der Waals surface area (Å²) in [4.78, 5) is 3.59. The molecule has 0 fully saturated rings. The molecule has 4 heteroatoms. The molecule has 2 N–H and O–H groups in total. The molecule has 0 atom stereocenters. The third-order valence-corrected chi connectivity index (χ3v) is 5.85. The predicted octanol–water partition coefficient (Wildman–Crippen LogP) is 5.94. The average molecular weight is 388 g/mol. The zero-order valence-electron chi connectivity index (χ0n) is 18.1. The van der Waals surface area contributed by atoms with E-state index in [2.05, 4.69) is 68.9 Å². The Morgan fingerprint density at radius 2 is 1.72 bits per heavy atom. The van der Waals surface area contributed by atoms with E-state index in [-0.39, 0.29) is 10.8 Å². The second kappa shape index (κ2) is 6.58. The molecule has 0 aliphatic heterocycles. The number of hydrogen-bond donors (Lipinski definition) is 2. The molecule has 2 aromatic heterocycles. The van der Waals surface area contributed by atoms with E-state index >= 15 is 0 Å². The van der Waals surface area contributed by atoms with Gasteiger partial charge in [-0.3, -0.25) is 0 Å². The summed E-state index contributed by atoms with van der Waals surface area (Å²) in [7, 11) is 0. The summed E-state index contributed by atoms with van der Waals surface area (Å²) in [6.07, 6.45) is 2.62. The molecule has 0 saturated carbocycles. The summed E-state index contributed by atoms with van der Waals surface area (Å²) >= 11 is 0. The zero-order chi connectivity index (χ0) is 21.0. The van der Waals surface area contributed by atoms with Gasteiger partial charge in [-0.15, -0.1) is 0 Å². The van der Waals surface area contributed by atoms with Gasteiger partial charge in [0.15, 0.2) is 0 Å². The molecule has 0 radical (unpaired) electrons. The van der Waals surface area contributed by atoms with E-state index in [1.54, 1.807) is 0 Å². The smallest absolute Gasteiger partial charge is 0.116 e. The fraction of sp³-hybridized carbons (Fsp3) is 0.360. The standard InChI is InChI=1S/C25H29N3O/c1-15-20(19-11-17(29)12-21(22(19)27-15)24(2,3)4)13-25(5,6)23-18-10-8-7-9-16(18)14-26-28-23/h7-12,14,27,29H,13H2,1-6H3. The molecule has 0 bridgehead atoms. The van der Waals surface area contributed by atoms with Crippen LogP contribution in [0.4, 0.5) is 0 Å². The second-order valence-electron chi connectivity index (χ2n) is 9.74. The number of nitrogens with one attached hydrogen (secondary N) is 1. The van der Waals surface area contributed by atoms with Gasteiger partial charge < -0.3 is 10.1 Å². The lowest BCUT2D eigenvalue weighted by atomic mass is 9.79.